The Hall–Kier alpha value is -1.82. The molecule has 0 N–H and O–H groups in total. The number of ether oxygens (including phenoxy) is 1. The van der Waals surface area contributed by atoms with Crippen LogP contribution in [0.2, 0.25) is 0 Å². The minimum atomic E-state index is -3.58. The van der Waals surface area contributed by atoms with Gasteiger partial charge in [-0.1, -0.05) is 39.3 Å². The van der Waals surface area contributed by atoms with Gasteiger partial charge in [0.1, 0.15) is 0 Å². The Morgan fingerprint density at radius 2 is 1.95 bits per heavy atom. The third kappa shape index (κ3) is 3.16. The first-order chi connectivity index (χ1) is 10.4. The zero-order valence-electron chi connectivity index (χ0n) is 13.1. The van der Waals surface area contributed by atoms with E-state index in [9.17, 15) is 13.2 Å². The summed E-state index contributed by atoms with van der Waals surface area (Å²) in [5.41, 5.74) is 0.434. The highest BCUT2D eigenvalue weighted by Gasteiger charge is 2.32. The van der Waals surface area contributed by atoms with Gasteiger partial charge in [-0.3, -0.25) is 9.10 Å². The van der Waals surface area contributed by atoms with Crippen molar-refractivity contribution >= 4 is 21.8 Å². The fraction of sp³-hybridized carbons (Fsp3) is 0.438. The van der Waals surface area contributed by atoms with E-state index < -0.39 is 10.0 Å². The van der Waals surface area contributed by atoms with E-state index in [-0.39, 0.29) is 16.8 Å². The molecule has 1 aliphatic heterocycles. The molecule has 0 atom stereocenters. The SMILES string of the molecule is CCCCN1C=C(OC(=O)C(C)C)c2ccccc2S1(=O)=O. The van der Waals surface area contributed by atoms with Gasteiger partial charge in [-0.2, -0.15) is 0 Å². The fourth-order valence-electron chi connectivity index (χ4n) is 2.10. The van der Waals surface area contributed by atoms with Crippen LogP contribution < -0.4 is 0 Å². The standard InChI is InChI=1S/C16H21NO4S/c1-4-5-10-17-11-14(21-16(18)12(2)3)13-8-6-7-9-15(13)22(17,19)20/h6-9,11-12H,4-5,10H2,1-3H3. The van der Waals surface area contributed by atoms with Gasteiger partial charge in [0.25, 0.3) is 10.0 Å². The summed E-state index contributed by atoms with van der Waals surface area (Å²) in [6, 6.07) is 6.60. The molecule has 0 saturated carbocycles. The summed E-state index contributed by atoms with van der Waals surface area (Å²) in [5.74, 6) is -0.369. The highest BCUT2D eigenvalue weighted by atomic mass is 32.2. The molecule has 0 unspecified atom stereocenters. The minimum Gasteiger partial charge on any atom is -0.424 e. The Morgan fingerprint density at radius 3 is 2.59 bits per heavy atom. The number of carbonyl (C=O) groups is 1. The van der Waals surface area contributed by atoms with E-state index in [2.05, 4.69) is 0 Å². The third-order valence-corrected chi connectivity index (χ3v) is 5.23. The monoisotopic (exact) mass is 323 g/mol. The minimum absolute atomic E-state index is 0.181. The molecule has 0 bridgehead atoms. The van der Waals surface area contributed by atoms with Crippen LogP contribution in [0.4, 0.5) is 0 Å². The second kappa shape index (κ2) is 6.52. The van der Waals surface area contributed by atoms with Crippen molar-refractivity contribution < 1.29 is 17.9 Å². The van der Waals surface area contributed by atoms with E-state index in [0.29, 0.717) is 17.9 Å². The smallest absolute Gasteiger partial charge is 0.313 e. The van der Waals surface area contributed by atoms with Crippen LogP contribution in [0.3, 0.4) is 0 Å². The first kappa shape index (κ1) is 16.5. The number of unbranched alkanes of at least 4 members (excludes halogenated alkanes) is 1. The third-order valence-electron chi connectivity index (χ3n) is 3.41. The van der Waals surface area contributed by atoms with Crippen LogP contribution in [-0.2, 0) is 19.6 Å². The number of fused-ring (bicyclic) bond motifs is 1. The normalized spacial score (nSPS) is 16.2. The Morgan fingerprint density at radius 1 is 1.27 bits per heavy atom. The van der Waals surface area contributed by atoms with Crippen LogP contribution in [0, 0.1) is 5.92 Å². The zero-order chi connectivity index (χ0) is 16.3. The van der Waals surface area contributed by atoms with Gasteiger partial charge >= 0.3 is 5.97 Å². The van der Waals surface area contributed by atoms with Crippen molar-refractivity contribution in [1.82, 2.24) is 4.31 Å². The molecule has 1 heterocycles. The molecule has 0 spiro atoms. The molecule has 2 rings (SSSR count). The first-order valence-electron chi connectivity index (χ1n) is 7.42. The largest absolute Gasteiger partial charge is 0.424 e. The second-order valence-electron chi connectivity index (χ2n) is 5.53. The lowest BCUT2D eigenvalue weighted by atomic mass is 10.2. The number of carbonyl (C=O) groups excluding carboxylic acids is 1. The molecule has 0 aliphatic carbocycles. The van der Waals surface area contributed by atoms with E-state index in [1.165, 1.54) is 10.5 Å². The molecule has 5 nitrogen and oxygen atoms in total. The van der Waals surface area contributed by atoms with E-state index >= 15 is 0 Å². The van der Waals surface area contributed by atoms with E-state index in [0.717, 1.165) is 12.8 Å². The summed E-state index contributed by atoms with van der Waals surface area (Å²) in [6.07, 6.45) is 3.04. The van der Waals surface area contributed by atoms with Crippen molar-refractivity contribution in [2.75, 3.05) is 6.54 Å². The van der Waals surface area contributed by atoms with Crippen molar-refractivity contribution in [1.29, 1.82) is 0 Å². The Labute approximate surface area is 131 Å². The average Bonchev–Trinajstić information content (AvgIpc) is 2.48. The molecule has 1 aromatic carbocycles. The average molecular weight is 323 g/mol. The van der Waals surface area contributed by atoms with Crippen molar-refractivity contribution in [2.45, 2.75) is 38.5 Å². The molecular weight excluding hydrogens is 302 g/mol. The van der Waals surface area contributed by atoms with Crippen LogP contribution in [0.1, 0.15) is 39.2 Å². The number of esters is 1. The topological polar surface area (TPSA) is 63.7 Å². The Kier molecular flexibility index (Phi) is 4.90. The fourth-order valence-corrected chi connectivity index (χ4v) is 3.65. The Balaban J connectivity index is 2.46. The van der Waals surface area contributed by atoms with E-state index in [1.54, 1.807) is 38.1 Å². The predicted octanol–water partition coefficient (Wildman–Crippen LogP) is 2.99. The maximum absolute atomic E-state index is 12.6. The van der Waals surface area contributed by atoms with Crippen LogP contribution in [-0.4, -0.2) is 25.2 Å². The van der Waals surface area contributed by atoms with Crippen molar-refractivity contribution in [2.24, 2.45) is 5.92 Å². The number of nitrogens with zero attached hydrogens (tertiary/aromatic N) is 1. The first-order valence-corrected chi connectivity index (χ1v) is 8.86. The van der Waals surface area contributed by atoms with Crippen LogP contribution >= 0.6 is 0 Å². The van der Waals surface area contributed by atoms with Crippen molar-refractivity contribution in [3.05, 3.63) is 36.0 Å². The number of sulfonamides is 1. The molecule has 0 amide bonds. The lowest BCUT2D eigenvalue weighted by Crippen LogP contribution is -2.32. The quantitative estimate of drug-likeness (QED) is 0.782. The summed E-state index contributed by atoms with van der Waals surface area (Å²) >= 11 is 0. The molecule has 6 heteroatoms. The van der Waals surface area contributed by atoms with Crippen molar-refractivity contribution in [3.8, 4) is 0 Å². The summed E-state index contributed by atoms with van der Waals surface area (Å²) in [5, 5.41) is 0. The maximum atomic E-state index is 12.6. The molecular formula is C16H21NO4S. The predicted molar refractivity (Wildman–Crippen MR) is 84.1 cm³/mol. The zero-order valence-corrected chi connectivity index (χ0v) is 13.9. The molecule has 1 aromatic rings. The molecule has 1 aliphatic rings. The molecule has 0 saturated heterocycles. The maximum Gasteiger partial charge on any atom is 0.313 e. The summed E-state index contributed by atoms with van der Waals surface area (Å²) in [7, 11) is -3.58. The number of hydrogen-bond acceptors (Lipinski definition) is 4. The lowest BCUT2D eigenvalue weighted by Gasteiger charge is -2.28. The van der Waals surface area contributed by atoms with E-state index in [1.807, 2.05) is 6.92 Å². The lowest BCUT2D eigenvalue weighted by molar-refractivity contribution is -0.140. The highest BCUT2D eigenvalue weighted by molar-refractivity contribution is 7.89. The van der Waals surface area contributed by atoms with Crippen molar-refractivity contribution in [3.63, 3.8) is 0 Å². The molecule has 120 valence electrons. The van der Waals surface area contributed by atoms with Gasteiger partial charge < -0.3 is 4.74 Å². The van der Waals surface area contributed by atoms with Gasteiger partial charge in [0.15, 0.2) is 5.76 Å². The Bertz CT molecular complexity index is 692. The van der Waals surface area contributed by atoms with E-state index in [4.69, 9.17) is 4.74 Å². The van der Waals surface area contributed by atoms with Crippen LogP contribution in [0.15, 0.2) is 35.4 Å². The van der Waals surface area contributed by atoms with Crippen LogP contribution in [0.25, 0.3) is 5.76 Å². The molecule has 0 aromatic heterocycles. The van der Waals surface area contributed by atoms with Gasteiger partial charge in [-0.25, -0.2) is 8.42 Å². The van der Waals surface area contributed by atoms with Gasteiger partial charge in [0.05, 0.1) is 17.0 Å². The number of hydrogen-bond donors (Lipinski definition) is 0. The highest BCUT2D eigenvalue weighted by Crippen LogP contribution is 2.33. The number of benzene rings is 1. The summed E-state index contributed by atoms with van der Waals surface area (Å²) < 4.78 is 31.9. The summed E-state index contributed by atoms with van der Waals surface area (Å²) in [6.45, 7) is 5.84. The van der Waals surface area contributed by atoms with Gasteiger partial charge in [0, 0.05) is 12.1 Å². The molecule has 0 radical (unpaired) electrons. The van der Waals surface area contributed by atoms with Gasteiger partial charge in [0.2, 0.25) is 0 Å². The second-order valence-corrected chi connectivity index (χ2v) is 7.39. The van der Waals surface area contributed by atoms with Crippen LogP contribution in [0.5, 0.6) is 0 Å². The molecule has 22 heavy (non-hydrogen) atoms. The van der Waals surface area contributed by atoms with Gasteiger partial charge in [-0.05, 0) is 18.6 Å². The molecule has 0 fully saturated rings. The summed E-state index contributed by atoms with van der Waals surface area (Å²) in [4.78, 5) is 12.1. The number of rotatable bonds is 5. The van der Waals surface area contributed by atoms with Gasteiger partial charge in [-0.15, -0.1) is 0 Å².